The van der Waals surface area contributed by atoms with E-state index in [2.05, 4.69) is 29.6 Å². The Labute approximate surface area is 161 Å². The predicted molar refractivity (Wildman–Crippen MR) is 107 cm³/mol. The monoisotopic (exact) mass is 367 g/mol. The molecular weight excluding hydrogens is 338 g/mol. The van der Waals surface area contributed by atoms with Gasteiger partial charge in [0.15, 0.2) is 6.10 Å². The predicted octanol–water partition coefficient (Wildman–Crippen LogP) is 3.94. The van der Waals surface area contributed by atoms with Crippen LogP contribution in [-0.2, 0) is 14.9 Å². The van der Waals surface area contributed by atoms with Crippen LogP contribution in [0.5, 0.6) is 5.75 Å². The molecule has 1 heterocycles. The Bertz CT molecular complexity index is 766. The third-order valence-electron chi connectivity index (χ3n) is 5.45. The van der Waals surface area contributed by atoms with Crippen molar-refractivity contribution in [2.24, 2.45) is 0 Å². The zero-order valence-corrected chi connectivity index (χ0v) is 16.5. The van der Waals surface area contributed by atoms with Crippen molar-refractivity contribution >= 4 is 5.91 Å². The summed E-state index contributed by atoms with van der Waals surface area (Å²) in [7, 11) is 0. The van der Waals surface area contributed by atoms with E-state index < -0.39 is 6.10 Å². The normalized spacial score (nSPS) is 17.1. The van der Waals surface area contributed by atoms with Crippen LogP contribution in [0.4, 0.5) is 0 Å². The first-order valence-corrected chi connectivity index (χ1v) is 9.65. The summed E-state index contributed by atoms with van der Waals surface area (Å²) in [5.41, 5.74) is 3.34. The summed E-state index contributed by atoms with van der Waals surface area (Å²) in [6.45, 7) is 7.85. The summed E-state index contributed by atoms with van der Waals surface area (Å²) in [4.78, 5) is 12.7. The van der Waals surface area contributed by atoms with Gasteiger partial charge in [-0.1, -0.05) is 42.5 Å². The van der Waals surface area contributed by atoms with Gasteiger partial charge in [-0.25, -0.2) is 0 Å². The first-order valence-electron chi connectivity index (χ1n) is 9.65. The highest BCUT2D eigenvalue weighted by Gasteiger charge is 2.35. The van der Waals surface area contributed by atoms with Crippen LogP contribution < -0.4 is 10.1 Å². The van der Waals surface area contributed by atoms with Crippen molar-refractivity contribution in [1.82, 2.24) is 5.32 Å². The molecule has 144 valence electrons. The van der Waals surface area contributed by atoms with E-state index in [4.69, 9.17) is 9.47 Å². The molecule has 0 aromatic heterocycles. The summed E-state index contributed by atoms with van der Waals surface area (Å²) in [6.07, 6.45) is 1.27. The number of aryl methyl sites for hydroxylation is 2. The number of amides is 1. The summed E-state index contributed by atoms with van der Waals surface area (Å²) < 4.78 is 11.5. The molecule has 2 aromatic rings. The first kappa shape index (κ1) is 19.4. The van der Waals surface area contributed by atoms with Gasteiger partial charge in [0.1, 0.15) is 5.75 Å². The molecular formula is C23H29NO3. The molecule has 3 rings (SSSR count). The molecule has 1 atom stereocenters. The standard InChI is InChI=1S/C23H29NO3/c1-17-9-10-18(2)21(15-17)27-19(3)22(25)24-16-23(11-13-26-14-12-23)20-7-5-4-6-8-20/h4-10,15,19H,11-14,16H2,1-3H3,(H,24,25). The van der Waals surface area contributed by atoms with Crippen LogP contribution in [0.1, 0.15) is 36.5 Å². The van der Waals surface area contributed by atoms with E-state index >= 15 is 0 Å². The van der Waals surface area contributed by atoms with Crippen molar-refractivity contribution in [3.63, 3.8) is 0 Å². The van der Waals surface area contributed by atoms with Crippen molar-refractivity contribution in [2.45, 2.75) is 45.1 Å². The molecule has 0 aliphatic carbocycles. The molecule has 1 aliphatic heterocycles. The van der Waals surface area contributed by atoms with E-state index in [1.54, 1.807) is 6.92 Å². The second-order valence-electron chi connectivity index (χ2n) is 7.51. The van der Waals surface area contributed by atoms with Gasteiger partial charge in [-0.05, 0) is 56.4 Å². The van der Waals surface area contributed by atoms with Gasteiger partial charge in [0.05, 0.1) is 0 Å². The molecule has 1 unspecified atom stereocenters. The SMILES string of the molecule is Cc1ccc(C)c(OC(C)C(=O)NCC2(c3ccccc3)CCOCC2)c1. The van der Waals surface area contributed by atoms with Crippen molar-refractivity contribution in [2.75, 3.05) is 19.8 Å². The number of rotatable bonds is 6. The lowest BCUT2D eigenvalue weighted by Crippen LogP contribution is -2.47. The van der Waals surface area contributed by atoms with E-state index in [-0.39, 0.29) is 11.3 Å². The fraction of sp³-hybridized carbons (Fsp3) is 0.435. The summed E-state index contributed by atoms with van der Waals surface area (Å²) >= 11 is 0. The topological polar surface area (TPSA) is 47.6 Å². The average Bonchev–Trinajstić information content (AvgIpc) is 2.70. The lowest BCUT2D eigenvalue weighted by molar-refractivity contribution is -0.127. The van der Waals surface area contributed by atoms with Gasteiger partial charge in [-0.3, -0.25) is 4.79 Å². The van der Waals surface area contributed by atoms with E-state index in [1.165, 1.54) is 5.56 Å². The number of benzene rings is 2. The fourth-order valence-electron chi connectivity index (χ4n) is 3.60. The Kier molecular flexibility index (Phi) is 6.17. The van der Waals surface area contributed by atoms with Crippen molar-refractivity contribution in [3.05, 3.63) is 65.2 Å². The van der Waals surface area contributed by atoms with Crippen LogP contribution in [0.2, 0.25) is 0 Å². The summed E-state index contributed by atoms with van der Waals surface area (Å²) in [5, 5.41) is 3.13. The maximum Gasteiger partial charge on any atom is 0.260 e. The summed E-state index contributed by atoms with van der Waals surface area (Å²) in [6, 6.07) is 16.5. The number of hydrogen-bond acceptors (Lipinski definition) is 3. The fourth-order valence-corrected chi connectivity index (χ4v) is 3.60. The van der Waals surface area contributed by atoms with E-state index in [0.29, 0.717) is 6.54 Å². The molecule has 0 saturated carbocycles. The van der Waals surface area contributed by atoms with Gasteiger partial charge in [0, 0.05) is 25.2 Å². The van der Waals surface area contributed by atoms with Crippen molar-refractivity contribution in [3.8, 4) is 5.75 Å². The smallest absolute Gasteiger partial charge is 0.260 e. The second-order valence-corrected chi connectivity index (χ2v) is 7.51. The van der Waals surface area contributed by atoms with E-state index in [9.17, 15) is 4.79 Å². The Hall–Kier alpha value is -2.33. The first-order chi connectivity index (χ1) is 13.0. The van der Waals surface area contributed by atoms with Crippen LogP contribution >= 0.6 is 0 Å². The van der Waals surface area contributed by atoms with E-state index in [1.807, 2.05) is 38.1 Å². The molecule has 2 aromatic carbocycles. The molecule has 1 amide bonds. The molecule has 27 heavy (non-hydrogen) atoms. The Morgan fingerprint density at radius 2 is 1.85 bits per heavy atom. The highest BCUT2D eigenvalue weighted by Crippen LogP contribution is 2.34. The van der Waals surface area contributed by atoms with Crippen LogP contribution in [0.25, 0.3) is 0 Å². The Balaban J connectivity index is 1.66. The van der Waals surface area contributed by atoms with Gasteiger partial charge in [-0.15, -0.1) is 0 Å². The van der Waals surface area contributed by atoms with Gasteiger partial charge in [-0.2, -0.15) is 0 Å². The number of carbonyl (C=O) groups is 1. The van der Waals surface area contributed by atoms with Crippen molar-refractivity contribution < 1.29 is 14.3 Å². The molecule has 0 bridgehead atoms. The van der Waals surface area contributed by atoms with Gasteiger partial charge < -0.3 is 14.8 Å². The lowest BCUT2D eigenvalue weighted by Gasteiger charge is -2.38. The second kappa shape index (κ2) is 8.57. The number of hydrogen-bond donors (Lipinski definition) is 1. The highest BCUT2D eigenvalue weighted by molar-refractivity contribution is 5.80. The minimum Gasteiger partial charge on any atom is -0.481 e. The molecule has 1 fully saturated rings. The Morgan fingerprint density at radius 3 is 2.56 bits per heavy atom. The van der Waals surface area contributed by atoms with E-state index in [0.717, 1.165) is 42.9 Å². The molecule has 1 saturated heterocycles. The van der Waals surface area contributed by atoms with Gasteiger partial charge in [0.25, 0.3) is 5.91 Å². The van der Waals surface area contributed by atoms with Gasteiger partial charge in [0.2, 0.25) is 0 Å². The average molecular weight is 367 g/mol. The number of ether oxygens (including phenoxy) is 2. The van der Waals surface area contributed by atoms with Crippen LogP contribution in [0.3, 0.4) is 0 Å². The summed E-state index contributed by atoms with van der Waals surface area (Å²) in [5.74, 6) is 0.680. The molecule has 4 nitrogen and oxygen atoms in total. The van der Waals surface area contributed by atoms with Crippen LogP contribution in [0.15, 0.2) is 48.5 Å². The van der Waals surface area contributed by atoms with Gasteiger partial charge >= 0.3 is 0 Å². The minimum atomic E-state index is -0.543. The van der Waals surface area contributed by atoms with Crippen LogP contribution in [0, 0.1) is 13.8 Å². The highest BCUT2D eigenvalue weighted by atomic mass is 16.5. The number of nitrogens with one attached hydrogen (secondary N) is 1. The Morgan fingerprint density at radius 1 is 1.15 bits per heavy atom. The van der Waals surface area contributed by atoms with Crippen molar-refractivity contribution in [1.29, 1.82) is 0 Å². The third kappa shape index (κ3) is 4.69. The zero-order valence-electron chi connectivity index (χ0n) is 16.5. The number of carbonyl (C=O) groups excluding carboxylic acids is 1. The quantitative estimate of drug-likeness (QED) is 0.841. The molecule has 0 spiro atoms. The zero-order chi connectivity index (χ0) is 19.3. The van der Waals surface area contributed by atoms with Crippen LogP contribution in [-0.4, -0.2) is 31.8 Å². The maximum absolute atomic E-state index is 12.7. The molecule has 0 radical (unpaired) electrons. The molecule has 1 N–H and O–H groups in total. The maximum atomic E-state index is 12.7. The third-order valence-corrected chi connectivity index (χ3v) is 5.45. The molecule has 4 heteroatoms. The molecule has 1 aliphatic rings. The lowest BCUT2D eigenvalue weighted by atomic mass is 9.74. The largest absolute Gasteiger partial charge is 0.481 e. The minimum absolute atomic E-state index is 0.0753.